The lowest BCUT2D eigenvalue weighted by Crippen LogP contribution is -2.44. The van der Waals surface area contributed by atoms with Crippen LogP contribution in [0.2, 0.25) is 0 Å². The molecule has 2 atom stereocenters. The van der Waals surface area contributed by atoms with Crippen molar-refractivity contribution in [3.63, 3.8) is 0 Å². The summed E-state index contributed by atoms with van der Waals surface area (Å²) in [4.78, 5) is 11.6. The maximum Gasteiger partial charge on any atom is 0.248 e. The molecule has 0 aromatic carbocycles. The highest BCUT2D eigenvalue weighted by molar-refractivity contribution is 5.81. The Kier molecular flexibility index (Phi) is 3.66. The van der Waals surface area contributed by atoms with Crippen LogP contribution in [0.5, 0.6) is 0 Å². The van der Waals surface area contributed by atoms with Crippen LogP contribution >= 0.6 is 0 Å². The average Bonchev–Trinajstić information content (AvgIpc) is 2.99. The van der Waals surface area contributed by atoms with Crippen LogP contribution in [-0.4, -0.2) is 30.5 Å². The number of carbonyl (C=O) groups excluding carboxylic acids is 1. The van der Waals surface area contributed by atoms with Crippen LogP contribution < -0.4 is 10.6 Å². The Bertz CT molecular complexity index is 292. The van der Waals surface area contributed by atoms with Crippen molar-refractivity contribution in [2.75, 3.05) is 6.54 Å². The average molecular weight is 246 g/mol. The molecule has 0 aliphatic heterocycles. The highest BCUT2D eigenvalue weighted by atomic mass is 19.3. The summed E-state index contributed by atoms with van der Waals surface area (Å²) < 4.78 is 25.9. The van der Waals surface area contributed by atoms with Crippen LogP contribution in [0.25, 0.3) is 0 Å². The fourth-order valence-electron chi connectivity index (χ4n) is 2.21. The van der Waals surface area contributed by atoms with Gasteiger partial charge in [0.1, 0.15) is 0 Å². The molecule has 2 unspecified atom stereocenters. The van der Waals surface area contributed by atoms with Gasteiger partial charge in [0.2, 0.25) is 11.8 Å². The molecule has 2 fully saturated rings. The SMILES string of the molecule is CC(NCC1CCC(F)(F)C1)C(=O)NC1CC1. The number of halogens is 2. The number of rotatable bonds is 5. The van der Waals surface area contributed by atoms with Gasteiger partial charge < -0.3 is 10.6 Å². The first-order valence-corrected chi connectivity index (χ1v) is 6.38. The molecule has 3 nitrogen and oxygen atoms in total. The second-order valence-corrected chi connectivity index (χ2v) is 5.38. The predicted octanol–water partition coefficient (Wildman–Crippen LogP) is 1.68. The molecule has 2 N–H and O–H groups in total. The van der Waals surface area contributed by atoms with Crippen molar-refractivity contribution in [1.29, 1.82) is 0 Å². The molecule has 2 aliphatic rings. The van der Waals surface area contributed by atoms with Crippen LogP contribution in [0.4, 0.5) is 8.78 Å². The quantitative estimate of drug-likeness (QED) is 0.775. The van der Waals surface area contributed by atoms with Gasteiger partial charge in [0.15, 0.2) is 0 Å². The van der Waals surface area contributed by atoms with Crippen molar-refractivity contribution < 1.29 is 13.6 Å². The molecule has 0 spiro atoms. The van der Waals surface area contributed by atoms with E-state index in [0.29, 0.717) is 19.0 Å². The van der Waals surface area contributed by atoms with Gasteiger partial charge in [-0.25, -0.2) is 8.78 Å². The van der Waals surface area contributed by atoms with Crippen molar-refractivity contribution in [2.24, 2.45) is 5.92 Å². The van der Waals surface area contributed by atoms with E-state index in [2.05, 4.69) is 10.6 Å². The van der Waals surface area contributed by atoms with Gasteiger partial charge in [-0.3, -0.25) is 4.79 Å². The molecule has 2 rings (SSSR count). The molecule has 0 bridgehead atoms. The molecule has 2 aliphatic carbocycles. The van der Waals surface area contributed by atoms with E-state index in [1.165, 1.54) is 0 Å². The number of carbonyl (C=O) groups is 1. The van der Waals surface area contributed by atoms with Crippen molar-refractivity contribution in [3.05, 3.63) is 0 Å². The lowest BCUT2D eigenvalue weighted by Gasteiger charge is -2.17. The Morgan fingerprint density at radius 1 is 1.41 bits per heavy atom. The van der Waals surface area contributed by atoms with Gasteiger partial charge in [0.05, 0.1) is 6.04 Å². The summed E-state index contributed by atoms with van der Waals surface area (Å²) >= 11 is 0. The minimum Gasteiger partial charge on any atom is -0.352 e. The second-order valence-electron chi connectivity index (χ2n) is 5.38. The van der Waals surface area contributed by atoms with E-state index in [4.69, 9.17) is 0 Å². The van der Waals surface area contributed by atoms with E-state index in [1.807, 2.05) is 0 Å². The van der Waals surface area contributed by atoms with E-state index in [-0.39, 0.29) is 30.7 Å². The van der Waals surface area contributed by atoms with Crippen LogP contribution in [0.1, 0.15) is 39.0 Å². The van der Waals surface area contributed by atoms with Crippen LogP contribution in [0.15, 0.2) is 0 Å². The maximum atomic E-state index is 13.0. The number of amides is 1. The smallest absolute Gasteiger partial charge is 0.248 e. The van der Waals surface area contributed by atoms with Gasteiger partial charge in [-0.2, -0.15) is 0 Å². The van der Waals surface area contributed by atoms with Gasteiger partial charge in [-0.1, -0.05) is 0 Å². The van der Waals surface area contributed by atoms with Gasteiger partial charge >= 0.3 is 0 Å². The Morgan fingerprint density at radius 3 is 2.65 bits per heavy atom. The van der Waals surface area contributed by atoms with Crippen molar-refractivity contribution in [2.45, 2.75) is 57.0 Å². The molecule has 0 heterocycles. The lowest BCUT2D eigenvalue weighted by atomic mass is 10.1. The zero-order chi connectivity index (χ0) is 12.5. The first-order chi connectivity index (χ1) is 7.96. The zero-order valence-electron chi connectivity index (χ0n) is 10.1. The topological polar surface area (TPSA) is 41.1 Å². The first kappa shape index (κ1) is 12.7. The number of nitrogens with one attached hydrogen (secondary N) is 2. The van der Waals surface area contributed by atoms with E-state index < -0.39 is 5.92 Å². The molecular weight excluding hydrogens is 226 g/mol. The van der Waals surface area contributed by atoms with Crippen LogP contribution in [-0.2, 0) is 4.79 Å². The fourth-order valence-corrected chi connectivity index (χ4v) is 2.21. The van der Waals surface area contributed by atoms with Gasteiger partial charge in [-0.15, -0.1) is 0 Å². The Labute approximate surface area is 100 Å². The lowest BCUT2D eigenvalue weighted by molar-refractivity contribution is -0.122. The van der Waals surface area contributed by atoms with Crippen LogP contribution in [0.3, 0.4) is 0 Å². The molecule has 0 aromatic rings. The number of hydrogen-bond acceptors (Lipinski definition) is 2. The summed E-state index contributed by atoms with van der Waals surface area (Å²) in [5, 5.41) is 5.95. The molecule has 98 valence electrons. The molecule has 0 saturated heterocycles. The van der Waals surface area contributed by atoms with Gasteiger partial charge in [0.25, 0.3) is 0 Å². The number of hydrogen-bond donors (Lipinski definition) is 2. The highest BCUT2D eigenvalue weighted by Crippen LogP contribution is 2.38. The summed E-state index contributed by atoms with van der Waals surface area (Å²) in [6, 6.07) is 0.0624. The zero-order valence-corrected chi connectivity index (χ0v) is 10.1. The summed E-state index contributed by atoms with van der Waals surface area (Å²) in [7, 11) is 0. The Hall–Kier alpha value is -0.710. The second kappa shape index (κ2) is 4.88. The molecular formula is C12H20F2N2O. The molecule has 2 saturated carbocycles. The third kappa shape index (κ3) is 3.91. The summed E-state index contributed by atoms with van der Waals surface area (Å²) in [5.41, 5.74) is 0. The summed E-state index contributed by atoms with van der Waals surface area (Å²) in [6.45, 7) is 2.29. The molecule has 0 radical (unpaired) electrons. The molecule has 0 aromatic heterocycles. The molecule has 5 heteroatoms. The van der Waals surface area contributed by atoms with E-state index in [0.717, 1.165) is 12.8 Å². The van der Waals surface area contributed by atoms with Crippen molar-refractivity contribution in [3.8, 4) is 0 Å². The Balaban J connectivity index is 1.65. The van der Waals surface area contributed by atoms with E-state index in [1.54, 1.807) is 6.92 Å². The highest BCUT2D eigenvalue weighted by Gasteiger charge is 2.39. The third-order valence-corrected chi connectivity index (χ3v) is 3.54. The largest absolute Gasteiger partial charge is 0.352 e. The van der Waals surface area contributed by atoms with Crippen LogP contribution in [0, 0.1) is 5.92 Å². The predicted molar refractivity (Wildman–Crippen MR) is 60.9 cm³/mol. The first-order valence-electron chi connectivity index (χ1n) is 6.38. The van der Waals surface area contributed by atoms with Gasteiger partial charge in [0, 0.05) is 18.9 Å². The van der Waals surface area contributed by atoms with Crippen molar-refractivity contribution >= 4 is 5.91 Å². The van der Waals surface area contributed by atoms with E-state index in [9.17, 15) is 13.6 Å². The summed E-state index contributed by atoms with van der Waals surface area (Å²) in [5.74, 6) is -2.51. The maximum absolute atomic E-state index is 13.0. The minimum absolute atomic E-state index is 0.00109. The minimum atomic E-state index is -2.49. The fraction of sp³-hybridized carbons (Fsp3) is 0.917. The van der Waals surface area contributed by atoms with Gasteiger partial charge in [-0.05, 0) is 38.6 Å². The number of alkyl halides is 2. The molecule has 17 heavy (non-hydrogen) atoms. The standard InChI is InChI=1S/C12H20F2N2O/c1-8(11(17)16-10-2-3-10)15-7-9-4-5-12(13,14)6-9/h8-10,15H,2-7H2,1H3,(H,16,17). The van der Waals surface area contributed by atoms with Crippen molar-refractivity contribution in [1.82, 2.24) is 10.6 Å². The van der Waals surface area contributed by atoms with E-state index >= 15 is 0 Å². The Morgan fingerprint density at radius 2 is 2.12 bits per heavy atom. The summed E-state index contributed by atoms with van der Waals surface area (Å²) in [6.07, 6.45) is 2.62. The normalized spacial score (nSPS) is 29.0. The third-order valence-electron chi connectivity index (χ3n) is 3.54. The monoisotopic (exact) mass is 246 g/mol. The molecule has 1 amide bonds.